The maximum Gasteiger partial charge on any atom is 0.155 e. The van der Waals surface area contributed by atoms with E-state index in [1.807, 2.05) is 48.5 Å². The molecule has 0 amide bonds. The third kappa shape index (κ3) is 17.7. The van der Waals surface area contributed by atoms with Gasteiger partial charge < -0.3 is 34.6 Å². The largest absolute Gasteiger partial charge is 0.382 e. The van der Waals surface area contributed by atoms with Gasteiger partial charge in [-0.15, -0.1) is 0 Å². The van der Waals surface area contributed by atoms with Crippen molar-refractivity contribution in [1.29, 1.82) is 0 Å². The highest BCUT2D eigenvalue weighted by molar-refractivity contribution is 5.89. The van der Waals surface area contributed by atoms with Gasteiger partial charge in [-0.2, -0.15) is 0 Å². The van der Waals surface area contributed by atoms with Gasteiger partial charge in [-0.3, -0.25) is 15.4 Å². The van der Waals surface area contributed by atoms with Crippen LogP contribution in [-0.4, -0.2) is 95.7 Å². The molecular formula is C29H60N2O8. The Balaban J connectivity index is 4.54. The van der Waals surface area contributed by atoms with Crippen LogP contribution in [0.5, 0.6) is 0 Å². The summed E-state index contributed by atoms with van der Waals surface area (Å²) < 4.78 is 17.0. The molecule has 39 heavy (non-hydrogen) atoms. The second-order valence-corrected chi connectivity index (χ2v) is 12.1. The van der Waals surface area contributed by atoms with E-state index in [0.29, 0.717) is 52.0 Å². The fraction of sp³-hybridized carbons (Fsp3) is 0.966. The Hall–Kier alpha value is -0.690. The van der Waals surface area contributed by atoms with Crippen LogP contribution >= 0.6 is 0 Å². The molecule has 0 aromatic carbocycles. The smallest absolute Gasteiger partial charge is 0.155 e. The van der Waals surface area contributed by atoms with Crippen LogP contribution in [-0.2, 0) is 19.0 Å². The molecule has 0 fully saturated rings. The Labute approximate surface area is 237 Å². The predicted octanol–water partition coefficient (Wildman–Crippen LogP) is 2.84. The lowest BCUT2D eigenvalue weighted by atomic mass is 9.76. The zero-order chi connectivity index (χ0) is 30.1. The summed E-state index contributed by atoms with van der Waals surface area (Å²) >= 11 is 0. The average Bonchev–Trinajstić information content (AvgIpc) is 2.85. The molecule has 0 aliphatic heterocycles. The molecule has 234 valence electrons. The summed E-state index contributed by atoms with van der Waals surface area (Å²) in [6.45, 7) is 15.7. The summed E-state index contributed by atoms with van der Waals surface area (Å²) in [6.07, 6.45) is 1.91. The van der Waals surface area contributed by atoms with Gasteiger partial charge in [0.25, 0.3) is 0 Å². The number of unbranched alkanes of at least 4 members (excludes halogenated alkanes) is 1. The zero-order valence-electron chi connectivity index (χ0n) is 25.9. The Bertz CT molecular complexity index is 641. The minimum atomic E-state index is -1.40. The molecule has 0 rings (SSSR count). The van der Waals surface area contributed by atoms with Gasteiger partial charge in [0.1, 0.15) is 12.5 Å². The number of aliphatic hydroxyl groups excluding tert-OH is 3. The second-order valence-electron chi connectivity index (χ2n) is 12.1. The molecule has 0 aromatic rings. The van der Waals surface area contributed by atoms with E-state index in [2.05, 4.69) is 10.6 Å². The van der Waals surface area contributed by atoms with E-state index < -0.39 is 41.4 Å². The van der Waals surface area contributed by atoms with E-state index in [9.17, 15) is 15.0 Å². The van der Waals surface area contributed by atoms with Crippen LogP contribution in [0, 0.1) is 5.41 Å². The number of aliphatic hydroxyl groups is 4. The molecule has 0 saturated carbocycles. The molecular weight excluding hydrogens is 504 g/mol. The number of ether oxygens (including phenoxy) is 3. The number of carbonyl (C=O) groups is 1. The summed E-state index contributed by atoms with van der Waals surface area (Å²) in [5.41, 5.74) is -1.36. The lowest BCUT2D eigenvalue weighted by Gasteiger charge is -2.32. The Morgan fingerprint density at radius 3 is 1.95 bits per heavy atom. The highest BCUT2D eigenvalue weighted by Crippen LogP contribution is 2.29. The fourth-order valence-electron chi connectivity index (χ4n) is 4.21. The first kappa shape index (κ1) is 38.3. The first-order valence-electron chi connectivity index (χ1n) is 14.6. The molecule has 0 spiro atoms. The second kappa shape index (κ2) is 19.4. The Kier molecular flexibility index (Phi) is 19.1. The zero-order valence-corrected chi connectivity index (χ0v) is 25.9. The van der Waals surface area contributed by atoms with Gasteiger partial charge in [0.05, 0.1) is 37.1 Å². The molecule has 0 aromatic heterocycles. The molecule has 0 aliphatic carbocycles. The number of Topliss-reactive ketones (excluding diaryl/α,β-unsaturated/α-hetero) is 1. The van der Waals surface area contributed by atoms with E-state index in [1.54, 1.807) is 7.11 Å². The van der Waals surface area contributed by atoms with E-state index in [-0.39, 0.29) is 12.2 Å². The lowest BCUT2D eigenvalue weighted by molar-refractivity contribution is -0.138. The molecule has 0 aliphatic rings. The highest BCUT2D eigenvalue weighted by Gasteiger charge is 2.35. The predicted molar refractivity (Wildman–Crippen MR) is 153 cm³/mol. The fourth-order valence-corrected chi connectivity index (χ4v) is 4.21. The third-order valence-electron chi connectivity index (χ3n) is 7.29. The van der Waals surface area contributed by atoms with Crippen molar-refractivity contribution in [1.82, 2.24) is 10.6 Å². The van der Waals surface area contributed by atoms with Crippen molar-refractivity contribution >= 4 is 5.78 Å². The summed E-state index contributed by atoms with van der Waals surface area (Å²) in [5, 5.41) is 44.9. The Morgan fingerprint density at radius 1 is 0.769 bits per heavy atom. The van der Waals surface area contributed by atoms with Crippen molar-refractivity contribution in [2.75, 3.05) is 33.5 Å². The Morgan fingerprint density at radius 2 is 1.38 bits per heavy atom. The third-order valence-corrected chi connectivity index (χ3v) is 7.29. The molecule has 6 N–H and O–H groups in total. The monoisotopic (exact) mass is 564 g/mol. The molecule has 3 atom stereocenters. The maximum atomic E-state index is 13.3. The van der Waals surface area contributed by atoms with E-state index in [1.165, 1.54) is 0 Å². The lowest BCUT2D eigenvalue weighted by Crippen LogP contribution is -2.48. The number of methoxy groups -OCH3 is 1. The number of rotatable bonds is 25. The minimum Gasteiger partial charge on any atom is -0.382 e. The maximum absolute atomic E-state index is 13.3. The number of hydrogen-bond acceptors (Lipinski definition) is 10. The molecule has 3 unspecified atom stereocenters. The van der Waals surface area contributed by atoms with Crippen molar-refractivity contribution in [3.05, 3.63) is 0 Å². The molecule has 0 saturated heterocycles. The molecule has 0 bridgehead atoms. The molecule has 0 heterocycles. The minimum absolute atomic E-state index is 0.0936. The topological polar surface area (TPSA) is 150 Å². The van der Waals surface area contributed by atoms with Gasteiger partial charge in [0.2, 0.25) is 0 Å². The number of nitrogens with one attached hydrogen (secondary N) is 2. The number of carbonyl (C=O) groups excluding carboxylic acids is 1. The number of hydrogen-bond donors (Lipinski definition) is 6. The quantitative estimate of drug-likeness (QED) is 0.0722. The van der Waals surface area contributed by atoms with Gasteiger partial charge >= 0.3 is 0 Å². The first-order valence-corrected chi connectivity index (χ1v) is 14.6. The van der Waals surface area contributed by atoms with E-state index >= 15 is 0 Å². The summed E-state index contributed by atoms with van der Waals surface area (Å²) in [7, 11) is 1.64. The van der Waals surface area contributed by atoms with Gasteiger partial charge in [-0.05, 0) is 79.2 Å². The van der Waals surface area contributed by atoms with Crippen molar-refractivity contribution in [3.63, 3.8) is 0 Å². The first-order chi connectivity index (χ1) is 18.1. The van der Waals surface area contributed by atoms with Gasteiger partial charge in [-0.1, -0.05) is 27.2 Å². The summed E-state index contributed by atoms with van der Waals surface area (Å²) in [6, 6.07) is -0.486. The van der Waals surface area contributed by atoms with Crippen LogP contribution in [0.2, 0.25) is 0 Å². The summed E-state index contributed by atoms with van der Waals surface area (Å²) in [5.74, 6) is 0.0936. The highest BCUT2D eigenvalue weighted by atomic mass is 16.6. The van der Waals surface area contributed by atoms with Crippen molar-refractivity contribution in [3.8, 4) is 0 Å². The van der Waals surface area contributed by atoms with E-state index in [4.69, 9.17) is 24.4 Å². The van der Waals surface area contributed by atoms with Crippen LogP contribution in [0.25, 0.3) is 0 Å². The van der Waals surface area contributed by atoms with Crippen molar-refractivity contribution < 1.29 is 39.4 Å². The van der Waals surface area contributed by atoms with Gasteiger partial charge in [-0.25, -0.2) is 0 Å². The molecule has 0 radical (unpaired) electrons. The van der Waals surface area contributed by atoms with Crippen LogP contribution in [0.4, 0.5) is 0 Å². The van der Waals surface area contributed by atoms with E-state index in [0.717, 1.165) is 25.7 Å². The standard InChI is InChI=1S/C29H60N2O8/c1-9-29(7,10-2)26(36)22(31-24(33)15-13-16-25(34)35)14-11-12-18-30-23(32)17-19-38-28(5,6)21-39-27(3,4)20-37-8/h22-25,30-35H,9-21H2,1-8H3. The van der Waals surface area contributed by atoms with Crippen LogP contribution in [0.15, 0.2) is 0 Å². The average molecular weight is 565 g/mol. The SMILES string of the molecule is CCC(C)(CC)C(=O)C(CCCCNC(O)CCOC(C)(C)COC(C)(C)COC)NC(O)CCCC(O)O. The molecule has 10 heteroatoms. The van der Waals surface area contributed by atoms with Crippen LogP contribution in [0.3, 0.4) is 0 Å². The molecule has 10 nitrogen and oxygen atoms in total. The summed E-state index contributed by atoms with van der Waals surface area (Å²) in [4.78, 5) is 13.3. The van der Waals surface area contributed by atoms with Crippen molar-refractivity contribution in [2.45, 2.75) is 142 Å². The normalized spacial score (nSPS) is 15.5. The van der Waals surface area contributed by atoms with Crippen molar-refractivity contribution in [2.24, 2.45) is 5.41 Å². The van der Waals surface area contributed by atoms with Gasteiger partial charge in [0, 0.05) is 18.9 Å². The van der Waals surface area contributed by atoms with Gasteiger partial charge in [0.15, 0.2) is 12.1 Å². The van der Waals surface area contributed by atoms with Crippen LogP contribution < -0.4 is 10.6 Å². The number of ketones is 1. The van der Waals surface area contributed by atoms with Crippen LogP contribution in [0.1, 0.15) is 106 Å².